The Balaban J connectivity index is 1.69. The summed E-state index contributed by atoms with van der Waals surface area (Å²) < 4.78 is 19.6. The molecule has 1 heterocycles. The molecule has 0 radical (unpaired) electrons. The number of thiazole rings is 1. The highest BCUT2D eigenvalue weighted by atomic mass is 35.5. The van der Waals surface area contributed by atoms with Gasteiger partial charge in [0.05, 0.1) is 16.9 Å². The number of hydrogen-bond donors (Lipinski definition) is 2. The van der Waals surface area contributed by atoms with E-state index in [2.05, 4.69) is 15.5 Å². The lowest BCUT2D eigenvalue weighted by Crippen LogP contribution is -2.17. The number of nitrogens with two attached hydrogens (primary N) is 1. The van der Waals surface area contributed by atoms with E-state index in [0.717, 1.165) is 11.3 Å². The summed E-state index contributed by atoms with van der Waals surface area (Å²) in [5.41, 5.74) is 9.64. The van der Waals surface area contributed by atoms with Gasteiger partial charge in [0.1, 0.15) is 23.1 Å². The van der Waals surface area contributed by atoms with Gasteiger partial charge in [-0.3, -0.25) is 4.79 Å². The minimum absolute atomic E-state index is 0.0390. The predicted molar refractivity (Wildman–Crippen MR) is 113 cm³/mol. The van der Waals surface area contributed by atoms with Gasteiger partial charge in [0, 0.05) is 11.1 Å². The molecule has 9 heteroatoms. The zero-order valence-corrected chi connectivity index (χ0v) is 17.1. The Morgan fingerprint density at radius 1 is 1.34 bits per heavy atom. The Morgan fingerprint density at radius 2 is 2.14 bits per heavy atom. The first-order valence-corrected chi connectivity index (χ1v) is 9.92. The molecule has 0 saturated heterocycles. The fourth-order valence-corrected chi connectivity index (χ4v) is 3.57. The van der Waals surface area contributed by atoms with E-state index in [1.807, 2.05) is 6.92 Å². The summed E-state index contributed by atoms with van der Waals surface area (Å²) in [5, 5.41) is 4.61. The van der Waals surface area contributed by atoms with Crippen molar-refractivity contribution in [3.05, 3.63) is 75.0 Å². The summed E-state index contributed by atoms with van der Waals surface area (Å²) in [6.45, 7) is 1.85. The third-order valence-corrected chi connectivity index (χ3v) is 5.26. The van der Waals surface area contributed by atoms with Gasteiger partial charge in [-0.1, -0.05) is 48.1 Å². The first-order chi connectivity index (χ1) is 14.0. The number of nitrogens with one attached hydrogen (secondary N) is 1. The number of aryl methyl sites for hydroxylation is 1. The van der Waals surface area contributed by atoms with Gasteiger partial charge >= 0.3 is 0 Å². The maximum absolute atomic E-state index is 13.9. The van der Waals surface area contributed by atoms with Crippen LogP contribution < -0.4 is 15.9 Å². The van der Waals surface area contributed by atoms with E-state index in [1.54, 1.807) is 30.3 Å². The van der Waals surface area contributed by atoms with Crippen molar-refractivity contribution in [1.82, 2.24) is 10.4 Å². The van der Waals surface area contributed by atoms with Gasteiger partial charge in [-0.2, -0.15) is 5.10 Å². The number of benzene rings is 2. The SMILES string of the molecule is CCc1nc(N)sc1C(=O)NN=Cc1ccccc1OCc1c(F)cccc1Cl. The van der Waals surface area contributed by atoms with Crippen LogP contribution >= 0.6 is 22.9 Å². The molecular weight excluding hydrogens is 415 g/mol. The van der Waals surface area contributed by atoms with Crippen molar-refractivity contribution in [3.8, 4) is 5.75 Å². The lowest BCUT2D eigenvalue weighted by Gasteiger charge is -2.10. The van der Waals surface area contributed by atoms with E-state index in [-0.39, 0.29) is 18.1 Å². The molecule has 1 amide bonds. The molecule has 29 heavy (non-hydrogen) atoms. The van der Waals surface area contributed by atoms with E-state index in [9.17, 15) is 9.18 Å². The molecule has 3 N–H and O–H groups in total. The molecule has 0 aliphatic rings. The Hall–Kier alpha value is -2.97. The van der Waals surface area contributed by atoms with Crippen LogP contribution in [0.3, 0.4) is 0 Å². The molecule has 1 aromatic heterocycles. The minimum Gasteiger partial charge on any atom is -0.488 e. The van der Waals surface area contributed by atoms with Crippen molar-refractivity contribution >= 4 is 40.2 Å². The zero-order chi connectivity index (χ0) is 20.8. The molecule has 0 atom stereocenters. The van der Waals surface area contributed by atoms with Crippen LogP contribution in [0.25, 0.3) is 0 Å². The van der Waals surface area contributed by atoms with Gasteiger partial charge in [0.2, 0.25) is 0 Å². The molecule has 0 spiro atoms. The summed E-state index contributed by atoms with van der Waals surface area (Å²) >= 11 is 7.14. The second kappa shape index (κ2) is 9.49. The van der Waals surface area contributed by atoms with Crippen LogP contribution in [0.5, 0.6) is 5.75 Å². The summed E-state index contributed by atoms with van der Waals surface area (Å²) in [6, 6.07) is 11.5. The number of rotatable bonds is 7. The van der Waals surface area contributed by atoms with Crippen molar-refractivity contribution < 1.29 is 13.9 Å². The smallest absolute Gasteiger partial charge is 0.283 e. The maximum Gasteiger partial charge on any atom is 0.283 e. The van der Waals surface area contributed by atoms with E-state index < -0.39 is 5.82 Å². The molecule has 0 fully saturated rings. The number of halogens is 2. The van der Waals surface area contributed by atoms with Gasteiger partial charge in [-0.25, -0.2) is 14.8 Å². The molecule has 6 nitrogen and oxygen atoms in total. The van der Waals surface area contributed by atoms with Crippen LogP contribution in [0.2, 0.25) is 5.02 Å². The summed E-state index contributed by atoms with van der Waals surface area (Å²) in [4.78, 5) is 16.9. The lowest BCUT2D eigenvalue weighted by molar-refractivity contribution is 0.0958. The van der Waals surface area contributed by atoms with E-state index in [0.29, 0.717) is 38.5 Å². The molecular formula is C20H18ClFN4O2S. The second-order valence-corrected chi connectivity index (χ2v) is 7.35. The number of nitrogen functional groups attached to an aromatic ring is 1. The van der Waals surface area contributed by atoms with Gasteiger partial charge in [-0.15, -0.1) is 0 Å². The number of carbonyl (C=O) groups excluding carboxylic acids is 1. The number of nitrogens with zero attached hydrogens (tertiary/aromatic N) is 2. The van der Waals surface area contributed by atoms with Crippen LogP contribution in [-0.2, 0) is 13.0 Å². The Morgan fingerprint density at radius 3 is 2.90 bits per heavy atom. The van der Waals surface area contributed by atoms with Gasteiger partial charge in [0.25, 0.3) is 5.91 Å². The molecule has 0 bridgehead atoms. The van der Waals surface area contributed by atoms with Gasteiger partial charge < -0.3 is 10.5 Å². The average Bonchev–Trinajstić information content (AvgIpc) is 3.09. The van der Waals surface area contributed by atoms with Gasteiger partial charge in [-0.05, 0) is 30.7 Å². The highest BCUT2D eigenvalue weighted by Crippen LogP contribution is 2.23. The number of amides is 1. The lowest BCUT2D eigenvalue weighted by atomic mass is 10.2. The largest absolute Gasteiger partial charge is 0.488 e. The number of hydrazone groups is 1. The Labute approximate surface area is 176 Å². The second-order valence-electron chi connectivity index (χ2n) is 5.91. The van der Waals surface area contributed by atoms with Crippen molar-refractivity contribution in [2.24, 2.45) is 5.10 Å². The molecule has 0 aliphatic carbocycles. The molecule has 0 saturated carbocycles. The van der Waals surface area contributed by atoms with Crippen LogP contribution in [0.4, 0.5) is 9.52 Å². The number of para-hydroxylation sites is 1. The van der Waals surface area contributed by atoms with Crippen molar-refractivity contribution in [3.63, 3.8) is 0 Å². The zero-order valence-electron chi connectivity index (χ0n) is 15.5. The third kappa shape index (κ3) is 5.10. The summed E-state index contributed by atoms with van der Waals surface area (Å²) in [7, 11) is 0. The van der Waals surface area contributed by atoms with Crippen LogP contribution in [-0.4, -0.2) is 17.1 Å². The van der Waals surface area contributed by atoms with Crippen LogP contribution in [0.1, 0.15) is 33.4 Å². The van der Waals surface area contributed by atoms with Crippen molar-refractivity contribution in [2.75, 3.05) is 5.73 Å². The quantitative estimate of drug-likeness (QED) is 0.427. The topological polar surface area (TPSA) is 89.6 Å². The Bertz CT molecular complexity index is 1030. The average molecular weight is 433 g/mol. The number of hydrogen-bond acceptors (Lipinski definition) is 6. The minimum atomic E-state index is -0.438. The van der Waals surface area contributed by atoms with E-state index in [1.165, 1.54) is 18.3 Å². The molecule has 0 unspecified atom stereocenters. The van der Waals surface area contributed by atoms with Gasteiger partial charge in [0.15, 0.2) is 5.13 Å². The first kappa shape index (κ1) is 20.8. The fraction of sp³-hybridized carbons (Fsp3) is 0.150. The third-order valence-electron chi connectivity index (χ3n) is 3.98. The molecule has 3 aromatic rings. The predicted octanol–water partition coefficient (Wildman–Crippen LogP) is 4.42. The summed E-state index contributed by atoms with van der Waals surface area (Å²) in [6.07, 6.45) is 2.04. The Kier molecular flexibility index (Phi) is 6.79. The van der Waals surface area contributed by atoms with Crippen molar-refractivity contribution in [1.29, 1.82) is 0 Å². The first-order valence-electron chi connectivity index (χ1n) is 8.73. The summed E-state index contributed by atoms with van der Waals surface area (Å²) in [5.74, 6) is -0.351. The van der Waals surface area contributed by atoms with Crippen LogP contribution in [0.15, 0.2) is 47.6 Å². The maximum atomic E-state index is 13.9. The number of ether oxygens (including phenoxy) is 1. The number of carbonyl (C=O) groups is 1. The number of aromatic nitrogens is 1. The highest BCUT2D eigenvalue weighted by Gasteiger charge is 2.15. The molecule has 3 rings (SSSR count). The molecule has 150 valence electrons. The highest BCUT2D eigenvalue weighted by molar-refractivity contribution is 7.17. The monoisotopic (exact) mass is 432 g/mol. The standard InChI is InChI=1S/C20H18ClFN4O2S/c1-2-16-18(29-20(23)25-16)19(27)26-24-10-12-6-3-4-9-17(12)28-11-13-14(21)7-5-8-15(13)22/h3-10H,2,11H2,1H3,(H2,23,25)(H,26,27). The number of anilines is 1. The fourth-order valence-electron chi connectivity index (χ4n) is 2.54. The normalized spacial score (nSPS) is 11.0. The molecule has 2 aromatic carbocycles. The van der Waals surface area contributed by atoms with Crippen LogP contribution in [0, 0.1) is 5.82 Å². The van der Waals surface area contributed by atoms with E-state index in [4.69, 9.17) is 22.1 Å². The van der Waals surface area contributed by atoms with Crippen molar-refractivity contribution in [2.45, 2.75) is 20.0 Å². The molecule has 0 aliphatic heterocycles. The van der Waals surface area contributed by atoms with E-state index >= 15 is 0 Å².